The van der Waals surface area contributed by atoms with Crippen molar-refractivity contribution in [3.63, 3.8) is 0 Å². The minimum Gasteiger partial charge on any atom is -0.481 e. The fourth-order valence-electron chi connectivity index (χ4n) is 2.12. The van der Waals surface area contributed by atoms with Crippen molar-refractivity contribution >= 4 is 5.69 Å². The third-order valence-corrected chi connectivity index (χ3v) is 3.21. The van der Waals surface area contributed by atoms with Crippen LogP contribution in [0.4, 0.5) is 5.69 Å². The Hall–Kier alpha value is -2.96. The van der Waals surface area contributed by atoms with E-state index in [-0.39, 0.29) is 6.04 Å². The van der Waals surface area contributed by atoms with Gasteiger partial charge in [0, 0.05) is 6.07 Å². The minimum atomic E-state index is -0.0783. The zero-order chi connectivity index (χ0) is 15.4. The van der Waals surface area contributed by atoms with E-state index in [4.69, 9.17) is 4.74 Å². The highest BCUT2D eigenvalue weighted by atomic mass is 16.5. The van der Waals surface area contributed by atoms with E-state index in [1.54, 1.807) is 24.1 Å². The number of hydrogen-bond donors (Lipinski definition) is 1. The summed E-state index contributed by atoms with van der Waals surface area (Å²) >= 11 is 0. The van der Waals surface area contributed by atoms with Gasteiger partial charge in [-0.05, 0) is 35.5 Å². The van der Waals surface area contributed by atoms with E-state index in [2.05, 4.69) is 25.8 Å². The molecule has 0 saturated heterocycles. The van der Waals surface area contributed by atoms with E-state index in [0.717, 1.165) is 17.2 Å². The third kappa shape index (κ3) is 2.88. The van der Waals surface area contributed by atoms with Gasteiger partial charge in [-0.1, -0.05) is 18.2 Å². The van der Waals surface area contributed by atoms with Crippen molar-refractivity contribution in [2.24, 2.45) is 0 Å². The number of tetrazole rings is 1. The number of rotatable bonds is 5. The van der Waals surface area contributed by atoms with Crippen LogP contribution in [-0.2, 0) is 0 Å². The van der Waals surface area contributed by atoms with Gasteiger partial charge < -0.3 is 10.1 Å². The smallest absolute Gasteiger partial charge is 0.213 e. The lowest BCUT2D eigenvalue weighted by molar-refractivity contribution is 0.398. The van der Waals surface area contributed by atoms with Crippen LogP contribution in [0.2, 0.25) is 0 Å². The molecule has 0 saturated carbocycles. The molecule has 0 bridgehead atoms. The number of methoxy groups -OCH3 is 1. The number of anilines is 1. The molecule has 0 amide bonds. The Morgan fingerprint density at radius 3 is 2.64 bits per heavy atom. The topological polar surface area (TPSA) is 77.8 Å². The Kier molecular flexibility index (Phi) is 3.95. The normalized spacial score (nSPS) is 11.9. The van der Waals surface area contributed by atoms with Crippen LogP contribution in [0.15, 0.2) is 48.7 Å². The van der Waals surface area contributed by atoms with Crippen molar-refractivity contribution in [3.05, 3.63) is 54.5 Å². The van der Waals surface area contributed by atoms with Crippen LogP contribution < -0.4 is 10.1 Å². The predicted molar refractivity (Wildman–Crippen MR) is 82.0 cm³/mol. The number of benzene rings is 1. The third-order valence-electron chi connectivity index (χ3n) is 3.21. The Morgan fingerprint density at radius 2 is 1.95 bits per heavy atom. The number of pyridine rings is 1. The van der Waals surface area contributed by atoms with Crippen molar-refractivity contribution in [1.82, 2.24) is 25.2 Å². The molecule has 1 atom stereocenters. The molecule has 0 aliphatic heterocycles. The first-order chi connectivity index (χ1) is 10.8. The lowest BCUT2D eigenvalue weighted by Gasteiger charge is -2.14. The highest BCUT2D eigenvalue weighted by molar-refractivity contribution is 5.44. The maximum Gasteiger partial charge on any atom is 0.213 e. The zero-order valence-corrected chi connectivity index (χ0v) is 12.3. The molecule has 0 radical (unpaired) electrons. The Balaban J connectivity index is 1.81. The molecule has 0 fully saturated rings. The van der Waals surface area contributed by atoms with Crippen LogP contribution in [-0.4, -0.2) is 32.3 Å². The molecule has 112 valence electrons. The molecular weight excluding hydrogens is 280 g/mol. The van der Waals surface area contributed by atoms with E-state index in [9.17, 15) is 0 Å². The van der Waals surface area contributed by atoms with Crippen LogP contribution >= 0.6 is 0 Å². The van der Waals surface area contributed by atoms with Gasteiger partial charge in [-0.15, -0.1) is 5.10 Å². The molecule has 3 rings (SSSR count). The number of para-hydroxylation sites is 1. The van der Waals surface area contributed by atoms with Gasteiger partial charge in [0.1, 0.15) is 0 Å². The highest BCUT2D eigenvalue weighted by Gasteiger charge is 2.15. The van der Waals surface area contributed by atoms with Crippen LogP contribution in [0.25, 0.3) is 5.69 Å². The summed E-state index contributed by atoms with van der Waals surface area (Å²) in [6.45, 7) is 2.00. The summed E-state index contributed by atoms with van der Waals surface area (Å²) < 4.78 is 6.76. The predicted octanol–water partition coefficient (Wildman–Crippen LogP) is 2.24. The maximum absolute atomic E-state index is 5.05. The summed E-state index contributed by atoms with van der Waals surface area (Å²) in [6, 6.07) is 13.4. The van der Waals surface area contributed by atoms with Gasteiger partial charge in [0.25, 0.3) is 0 Å². The minimum absolute atomic E-state index is 0.0783. The molecule has 2 heterocycles. The largest absolute Gasteiger partial charge is 0.481 e. The molecule has 0 spiro atoms. The second-order valence-corrected chi connectivity index (χ2v) is 4.74. The molecule has 0 aliphatic rings. The zero-order valence-electron chi connectivity index (χ0n) is 12.3. The first-order valence-electron chi connectivity index (χ1n) is 6.88. The molecule has 7 nitrogen and oxygen atoms in total. The van der Waals surface area contributed by atoms with Crippen molar-refractivity contribution in [1.29, 1.82) is 0 Å². The summed E-state index contributed by atoms with van der Waals surface area (Å²) in [5.41, 5.74) is 1.79. The number of hydrogen-bond acceptors (Lipinski definition) is 6. The van der Waals surface area contributed by atoms with Crippen LogP contribution in [0, 0.1) is 0 Å². The van der Waals surface area contributed by atoms with E-state index in [1.165, 1.54) is 0 Å². The van der Waals surface area contributed by atoms with E-state index < -0.39 is 0 Å². The fraction of sp³-hybridized carbons (Fsp3) is 0.200. The van der Waals surface area contributed by atoms with E-state index in [1.807, 2.05) is 43.3 Å². The van der Waals surface area contributed by atoms with Crippen LogP contribution in [0.1, 0.15) is 18.8 Å². The summed E-state index contributed by atoms with van der Waals surface area (Å²) in [5.74, 6) is 1.30. The van der Waals surface area contributed by atoms with E-state index >= 15 is 0 Å². The molecule has 1 N–H and O–H groups in total. The van der Waals surface area contributed by atoms with Gasteiger partial charge in [0.15, 0.2) is 5.82 Å². The molecule has 3 aromatic rings. The van der Waals surface area contributed by atoms with Gasteiger partial charge in [-0.3, -0.25) is 0 Å². The molecule has 1 aromatic carbocycles. The highest BCUT2D eigenvalue weighted by Crippen LogP contribution is 2.19. The van der Waals surface area contributed by atoms with Crippen LogP contribution in [0.3, 0.4) is 0 Å². The number of ether oxygens (including phenoxy) is 1. The second-order valence-electron chi connectivity index (χ2n) is 4.74. The molecule has 1 unspecified atom stereocenters. The number of nitrogens with zero attached hydrogens (tertiary/aromatic N) is 5. The first kappa shape index (κ1) is 14.0. The SMILES string of the molecule is COc1ccc(NC(C)c2nnnn2-c2ccccc2)cn1. The summed E-state index contributed by atoms with van der Waals surface area (Å²) in [4.78, 5) is 4.17. The maximum atomic E-state index is 5.05. The van der Waals surface area contributed by atoms with Gasteiger partial charge >= 0.3 is 0 Å². The molecule has 2 aromatic heterocycles. The molecule has 22 heavy (non-hydrogen) atoms. The number of aromatic nitrogens is 5. The summed E-state index contributed by atoms with van der Waals surface area (Å²) in [7, 11) is 1.59. The van der Waals surface area contributed by atoms with Crippen molar-refractivity contribution in [2.45, 2.75) is 13.0 Å². The second kappa shape index (κ2) is 6.21. The van der Waals surface area contributed by atoms with Crippen molar-refractivity contribution in [3.8, 4) is 11.6 Å². The quantitative estimate of drug-likeness (QED) is 0.778. The Bertz CT molecular complexity index is 725. The fourth-order valence-corrected chi connectivity index (χ4v) is 2.12. The standard InChI is InChI=1S/C15H16N6O/c1-11(17-12-8-9-14(22-2)16-10-12)15-18-19-20-21(15)13-6-4-3-5-7-13/h3-11,17H,1-2H3. The van der Waals surface area contributed by atoms with Crippen LogP contribution in [0.5, 0.6) is 5.88 Å². The Morgan fingerprint density at radius 1 is 1.14 bits per heavy atom. The van der Waals surface area contributed by atoms with Crippen molar-refractivity contribution < 1.29 is 4.74 Å². The molecular formula is C15H16N6O. The first-order valence-corrected chi connectivity index (χ1v) is 6.88. The molecule has 7 heteroatoms. The van der Waals surface area contributed by atoms with Crippen molar-refractivity contribution in [2.75, 3.05) is 12.4 Å². The average molecular weight is 296 g/mol. The van der Waals surface area contributed by atoms with Gasteiger partial charge in [-0.2, -0.15) is 4.68 Å². The Labute approximate surface area is 128 Å². The average Bonchev–Trinajstić information content (AvgIpc) is 3.06. The lowest BCUT2D eigenvalue weighted by atomic mass is 10.2. The monoisotopic (exact) mass is 296 g/mol. The molecule has 0 aliphatic carbocycles. The lowest BCUT2D eigenvalue weighted by Crippen LogP contribution is -2.13. The summed E-state index contributed by atoms with van der Waals surface area (Å²) in [6.07, 6.45) is 1.71. The van der Waals surface area contributed by atoms with E-state index in [0.29, 0.717) is 5.88 Å². The van der Waals surface area contributed by atoms with Gasteiger partial charge in [0.2, 0.25) is 5.88 Å². The number of nitrogens with one attached hydrogen (secondary N) is 1. The summed E-state index contributed by atoms with van der Waals surface area (Å²) in [5, 5.41) is 15.3. The van der Waals surface area contributed by atoms with Gasteiger partial charge in [0.05, 0.1) is 30.7 Å². The van der Waals surface area contributed by atoms with Gasteiger partial charge in [-0.25, -0.2) is 4.98 Å².